The lowest BCUT2D eigenvalue weighted by Gasteiger charge is -2.13. The Morgan fingerprint density at radius 3 is 2.45 bits per heavy atom. The highest BCUT2D eigenvalue weighted by atomic mass is 16.5. The smallest absolute Gasteiger partial charge is 0.200 e. The van der Waals surface area contributed by atoms with E-state index < -0.39 is 12.2 Å². The summed E-state index contributed by atoms with van der Waals surface area (Å²) in [4.78, 5) is 13.5. The predicted molar refractivity (Wildman–Crippen MR) is 129 cm³/mol. The normalized spacial score (nSPS) is 13.2. The molecule has 0 saturated carbocycles. The maximum Gasteiger partial charge on any atom is 0.200 e. The molecule has 3 rings (SSSR count). The quantitative estimate of drug-likeness (QED) is 0.521. The minimum absolute atomic E-state index is 0.250. The average Bonchev–Trinajstić information content (AvgIpc) is 2.86. The highest BCUT2D eigenvalue weighted by Gasteiger charge is 2.18. The monoisotopic (exact) mass is 448 g/mol. The lowest BCUT2D eigenvalue weighted by Crippen LogP contribution is -2.12. The van der Waals surface area contributed by atoms with Gasteiger partial charge in [0.05, 0.1) is 31.3 Å². The maximum atomic E-state index is 13.5. The van der Waals surface area contributed by atoms with Gasteiger partial charge >= 0.3 is 0 Å². The van der Waals surface area contributed by atoms with Gasteiger partial charge in [-0.3, -0.25) is 4.79 Å². The van der Waals surface area contributed by atoms with Gasteiger partial charge in [-0.1, -0.05) is 37.8 Å². The van der Waals surface area contributed by atoms with Gasteiger partial charge in [-0.15, -0.1) is 0 Å². The van der Waals surface area contributed by atoms with Crippen LogP contribution >= 0.6 is 0 Å². The second-order valence-electron chi connectivity index (χ2n) is 7.46. The molecule has 2 unspecified atom stereocenters. The Labute approximate surface area is 193 Å². The molecule has 33 heavy (non-hydrogen) atoms. The summed E-state index contributed by atoms with van der Waals surface area (Å²) in [6.07, 6.45) is 0.681. The summed E-state index contributed by atoms with van der Waals surface area (Å²) in [6.45, 7) is 3.63. The Morgan fingerprint density at radius 1 is 1.06 bits per heavy atom. The van der Waals surface area contributed by atoms with Crippen molar-refractivity contribution in [2.45, 2.75) is 38.9 Å². The van der Waals surface area contributed by atoms with Crippen LogP contribution in [0.1, 0.15) is 32.3 Å². The standard InChI is InChI=1S/C27H28O6/c1-5-19(28)13-11-17(22(29)6-2)15-21-26(30)20-9-7-8-10-23(20)33-27(21)18-12-14-24(31-3)25(16-18)32-4/h7-10,12,14-16,19,22,28-29H,5-6H2,1-4H3/b17-15+. The zero-order valence-electron chi connectivity index (χ0n) is 19.2. The molecule has 6 nitrogen and oxygen atoms in total. The van der Waals surface area contributed by atoms with E-state index in [-0.39, 0.29) is 11.0 Å². The van der Waals surface area contributed by atoms with Crippen LogP contribution in [0.25, 0.3) is 28.4 Å². The fourth-order valence-electron chi connectivity index (χ4n) is 3.34. The van der Waals surface area contributed by atoms with Crippen LogP contribution in [0.15, 0.2) is 57.2 Å². The number of benzene rings is 2. The van der Waals surface area contributed by atoms with Gasteiger partial charge in [0.25, 0.3) is 0 Å². The van der Waals surface area contributed by atoms with E-state index in [0.717, 1.165) is 0 Å². The number of rotatable bonds is 7. The SMILES string of the molecule is CCC(O)C#C/C(=C\c1c(-c2ccc(OC)c(OC)c2)oc2ccccc2c1=O)C(O)CC. The van der Waals surface area contributed by atoms with E-state index in [4.69, 9.17) is 13.9 Å². The summed E-state index contributed by atoms with van der Waals surface area (Å²) in [5.74, 6) is 6.92. The molecular formula is C27H28O6. The molecule has 2 aromatic carbocycles. The van der Waals surface area contributed by atoms with Gasteiger partial charge in [-0.25, -0.2) is 0 Å². The Balaban J connectivity index is 2.33. The molecule has 1 heterocycles. The molecule has 1 aromatic heterocycles. The van der Waals surface area contributed by atoms with Crippen molar-refractivity contribution in [1.82, 2.24) is 0 Å². The topological polar surface area (TPSA) is 89.1 Å². The van der Waals surface area contributed by atoms with E-state index in [0.29, 0.717) is 52.2 Å². The first kappa shape index (κ1) is 24.1. The van der Waals surface area contributed by atoms with Gasteiger partial charge in [-0.2, -0.15) is 0 Å². The fourth-order valence-corrected chi connectivity index (χ4v) is 3.34. The zero-order chi connectivity index (χ0) is 24.0. The number of para-hydroxylation sites is 1. The fraction of sp³-hybridized carbons (Fsp3) is 0.296. The molecular weight excluding hydrogens is 420 g/mol. The van der Waals surface area contributed by atoms with Crippen molar-refractivity contribution in [2.24, 2.45) is 0 Å². The van der Waals surface area contributed by atoms with Crippen LogP contribution in [0, 0.1) is 11.8 Å². The Hall–Kier alpha value is -3.53. The number of aliphatic hydroxyl groups is 2. The van der Waals surface area contributed by atoms with Crippen LogP contribution in [0.4, 0.5) is 0 Å². The van der Waals surface area contributed by atoms with Gasteiger partial charge in [0, 0.05) is 11.1 Å². The van der Waals surface area contributed by atoms with Crippen LogP contribution in [0.3, 0.4) is 0 Å². The molecule has 0 amide bonds. The number of aliphatic hydroxyl groups excluding tert-OH is 2. The second kappa shape index (κ2) is 10.9. The highest BCUT2D eigenvalue weighted by Crippen LogP contribution is 2.35. The summed E-state index contributed by atoms with van der Waals surface area (Å²) in [5, 5.41) is 20.9. The summed E-state index contributed by atoms with van der Waals surface area (Å²) in [6, 6.07) is 12.2. The van der Waals surface area contributed by atoms with Crippen LogP contribution in [-0.4, -0.2) is 36.6 Å². The van der Waals surface area contributed by atoms with Crippen molar-refractivity contribution in [2.75, 3.05) is 14.2 Å². The molecule has 3 aromatic rings. The van der Waals surface area contributed by atoms with Crippen LogP contribution in [-0.2, 0) is 0 Å². The van der Waals surface area contributed by atoms with Crippen molar-refractivity contribution in [3.05, 3.63) is 63.8 Å². The third-order valence-electron chi connectivity index (χ3n) is 5.29. The van der Waals surface area contributed by atoms with Crippen LogP contribution < -0.4 is 14.9 Å². The first-order valence-electron chi connectivity index (χ1n) is 10.8. The molecule has 0 radical (unpaired) electrons. The van der Waals surface area contributed by atoms with Gasteiger partial charge in [0.2, 0.25) is 5.43 Å². The first-order chi connectivity index (χ1) is 15.9. The van der Waals surface area contributed by atoms with Gasteiger partial charge in [-0.05, 0) is 49.2 Å². The number of methoxy groups -OCH3 is 2. The Kier molecular flexibility index (Phi) is 7.94. The zero-order valence-corrected chi connectivity index (χ0v) is 19.2. The van der Waals surface area contributed by atoms with Crippen molar-refractivity contribution in [3.63, 3.8) is 0 Å². The minimum Gasteiger partial charge on any atom is -0.493 e. The van der Waals surface area contributed by atoms with Crippen molar-refractivity contribution >= 4 is 17.0 Å². The number of hydrogen-bond acceptors (Lipinski definition) is 6. The van der Waals surface area contributed by atoms with E-state index in [2.05, 4.69) is 11.8 Å². The predicted octanol–water partition coefficient (Wildman–Crippen LogP) is 4.41. The van der Waals surface area contributed by atoms with E-state index in [1.165, 1.54) is 7.11 Å². The van der Waals surface area contributed by atoms with Gasteiger partial charge < -0.3 is 24.1 Å². The number of ether oxygens (including phenoxy) is 2. The van der Waals surface area contributed by atoms with E-state index in [1.807, 2.05) is 13.8 Å². The molecule has 2 atom stereocenters. The molecule has 6 heteroatoms. The number of hydrogen-bond donors (Lipinski definition) is 2. The summed E-state index contributed by atoms with van der Waals surface area (Å²) < 4.78 is 16.9. The highest BCUT2D eigenvalue weighted by molar-refractivity contribution is 5.85. The molecule has 0 bridgehead atoms. The third-order valence-corrected chi connectivity index (χ3v) is 5.29. The third kappa shape index (κ3) is 5.28. The molecule has 2 N–H and O–H groups in total. The molecule has 0 aliphatic carbocycles. The van der Waals surface area contributed by atoms with E-state index in [1.54, 1.807) is 55.7 Å². The lowest BCUT2D eigenvalue weighted by molar-refractivity contribution is 0.212. The van der Waals surface area contributed by atoms with Gasteiger partial charge in [0.1, 0.15) is 17.4 Å². The molecule has 0 aliphatic heterocycles. The largest absolute Gasteiger partial charge is 0.493 e. The summed E-state index contributed by atoms with van der Waals surface area (Å²) >= 11 is 0. The van der Waals surface area contributed by atoms with E-state index in [9.17, 15) is 15.0 Å². The minimum atomic E-state index is -0.898. The molecule has 0 fully saturated rings. The van der Waals surface area contributed by atoms with Crippen LogP contribution in [0.2, 0.25) is 0 Å². The number of fused-ring (bicyclic) bond motifs is 1. The Bertz CT molecular complexity index is 1280. The van der Waals surface area contributed by atoms with Crippen molar-refractivity contribution < 1.29 is 24.1 Å². The average molecular weight is 449 g/mol. The van der Waals surface area contributed by atoms with Gasteiger partial charge in [0.15, 0.2) is 11.5 Å². The molecule has 0 saturated heterocycles. The van der Waals surface area contributed by atoms with Crippen LogP contribution in [0.5, 0.6) is 11.5 Å². The first-order valence-corrected chi connectivity index (χ1v) is 10.8. The summed E-state index contributed by atoms with van der Waals surface area (Å²) in [7, 11) is 3.08. The Morgan fingerprint density at radius 2 is 1.79 bits per heavy atom. The second-order valence-corrected chi connectivity index (χ2v) is 7.46. The molecule has 0 aliphatic rings. The van der Waals surface area contributed by atoms with E-state index >= 15 is 0 Å². The van der Waals surface area contributed by atoms with Crippen molar-refractivity contribution in [1.29, 1.82) is 0 Å². The summed E-state index contributed by atoms with van der Waals surface area (Å²) in [5.41, 5.74) is 1.38. The van der Waals surface area contributed by atoms with Crippen molar-refractivity contribution in [3.8, 4) is 34.7 Å². The lowest BCUT2D eigenvalue weighted by atomic mass is 9.99. The maximum absolute atomic E-state index is 13.5. The molecule has 172 valence electrons. The molecule has 0 spiro atoms.